The highest BCUT2D eigenvalue weighted by atomic mass is 35.5. The molecule has 0 amide bonds. The van der Waals surface area contributed by atoms with Gasteiger partial charge in [-0.3, -0.25) is 0 Å². The van der Waals surface area contributed by atoms with Crippen LogP contribution in [0.1, 0.15) is 11.4 Å². The van der Waals surface area contributed by atoms with E-state index in [0.29, 0.717) is 27.9 Å². The zero-order chi connectivity index (χ0) is 14.8. The van der Waals surface area contributed by atoms with E-state index in [0.717, 1.165) is 5.56 Å². The molecule has 0 aliphatic heterocycles. The van der Waals surface area contributed by atoms with E-state index in [2.05, 4.69) is 10.1 Å². The Bertz CT molecular complexity index is 787. The molecule has 3 rings (SSSR count). The van der Waals surface area contributed by atoms with E-state index >= 15 is 0 Å². The fraction of sp³-hybridized carbons (Fsp3) is 0.0667. The normalized spacial score (nSPS) is 10.8. The van der Waals surface area contributed by atoms with Gasteiger partial charge in [-0.05, 0) is 35.9 Å². The van der Waals surface area contributed by atoms with Crippen molar-refractivity contribution < 1.29 is 9.63 Å². The van der Waals surface area contributed by atoms with Gasteiger partial charge < -0.3 is 9.63 Å². The maximum Gasteiger partial charge on any atom is 0.261 e. The van der Waals surface area contributed by atoms with Crippen LogP contribution in [-0.4, -0.2) is 15.2 Å². The lowest BCUT2D eigenvalue weighted by Gasteiger charge is -1.99. The number of hydrogen-bond acceptors (Lipinski definition) is 4. The maximum atomic E-state index is 9.85. The lowest BCUT2D eigenvalue weighted by molar-refractivity contribution is 0.418. The molecule has 4 nitrogen and oxygen atoms in total. The van der Waals surface area contributed by atoms with Crippen molar-refractivity contribution in [1.29, 1.82) is 0 Å². The molecule has 0 aliphatic carbocycles. The Morgan fingerprint density at radius 2 is 1.86 bits per heavy atom. The number of phenolic OH excluding ortho intramolecular Hbond substituents is 1. The summed E-state index contributed by atoms with van der Waals surface area (Å²) in [6.07, 6.45) is 0.498. The molecule has 21 heavy (non-hydrogen) atoms. The number of phenols is 1. The lowest BCUT2D eigenvalue weighted by atomic mass is 10.1. The minimum Gasteiger partial charge on any atom is -0.507 e. The van der Waals surface area contributed by atoms with Gasteiger partial charge in [0.05, 0.1) is 5.56 Å². The summed E-state index contributed by atoms with van der Waals surface area (Å²) in [5.41, 5.74) is 1.43. The molecule has 3 aromatic rings. The zero-order valence-corrected chi connectivity index (χ0v) is 12.3. The summed E-state index contributed by atoms with van der Waals surface area (Å²) in [7, 11) is 0. The Morgan fingerprint density at radius 1 is 1.05 bits per heavy atom. The number of halogens is 2. The second kappa shape index (κ2) is 5.76. The second-order valence-electron chi connectivity index (χ2n) is 4.48. The standard InChI is InChI=1S/C15H10Cl2N2O2/c16-10-3-1-2-9(6-10)7-14-18-15(21-19-14)12-5-4-11(17)8-13(12)20/h1-6,8,20H,7H2. The molecule has 0 bridgehead atoms. The van der Waals surface area contributed by atoms with Gasteiger partial charge in [-0.25, -0.2) is 0 Å². The summed E-state index contributed by atoms with van der Waals surface area (Å²) in [5, 5.41) is 14.9. The summed E-state index contributed by atoms with van der Waals surface area (Å²) in [6.45, 7) is 0. The van der Waals surface area contributed by atoms with E-state index in [4.69, 9.17) is 27.7 Å². The molecular formula is C15H10Cl2N2O2. The van der Waals surface area contributed by atoms with E-state index in [1.165, 1.54) is 6.07 Å². The molecule has 2 aromatic carbocycles. The van der Waals surface area contributed by atoms with Crippen molar-refractivity contribution in [2.45, 2.75) is 6.42 Å². The number of hydrogen-bond donors (Lipinski definition) is 1. The summed E-state index contributed by atoms with van der Waals surface area (Å²) in [4.78, 5) is 4.27. The van der Waals surface area contributed by atoms with Gasteiger partial charge in [0.25, 0.3) is 5.89 Å². The van der Waals surface area contributed by atoms with Gasteiger partial charge in [0.1, 0.15) is 5.75 Å². The van der Waals surface area contributed by atoms with Crippen molar-refractivity contribution in [1.82, 2.24) is 10.1 Å². The second-order valence-corrected chi connectivity index (χ2v) is 5.36. The Balaban J connectivity index is 1.86. The molecule has 0 aliphatic rings. The quantitative estimate of drug-likeness (QED) is 0.779. The fourth-order valence-electron chi connectivity index (χ4n) is 1.95. The van der Waals surface area contributed by atoms with Crippen LogP contribution in [0.2, 0.25) is 10.0 Å². The number of rotatable bonds is 3. The Morgan fingerprint density at radius 3 is 2.62 bits per heavy atom. The van der Waals surface area contributed by atoms with Gasteiger partial charge in [-0.1, -0.05) is 40.5 Å². The van der Waals surface area contributed by atoms with Crippen LogP contribution in [0.3, 0.4) is 0 Å². The average molecular weight is 321 g/mol. The van der Waals surface area contributed by atoms with Crippen molar-refractivity contribution in [2.75, 3.05) is 0 Å². The van der Waals surface area contributed by atoms with Gasteiger partial charge in [0.15, 0.2) is 5.82 Å². The van der Waals surface area contributed by atoms with E-state index < -0.39 is 0 Å². The zero-order valence-electron chi connectivity index (χ0n) is 10.8. The van der Waals surface area contributed by atoms with Crippen LogP contribution < -0.4 is 0 Å². The Kier molecular flexibility index (Phi) is 3.82. The average Bonchev–Trinajstić information content (AvgIpc) is 2.87. The smallest absolute Gasteiger partial charge is 0.261 e. The fourth-order valence-corrected chi connectivity index (χ4v) is 2.33. The molecule has 0 fully saturated rings. The van der Waals surface area contributed by atoms with E-state index in [1.807, 2.05) is 18.2 Å². The predicted octanol–water partition coefficient (Wildman–Crippen LogP) is 4.34. The monoisotopic (exact) mass is 320 g/mol. The minimum absolute atomic E-state index is 0.000422. The first kappa shape index (κ1) is 13.9. The van der Waals surface area contributed by atoms with E-state index in [9.17, 15) is 5.11 Å². The van der Waals surface area contributed by atoms with Crippen molar-refractivity contribution in [2.24, 2.45) is 0 Å². The van der Waals surface area contributed by atoms with Gasteiger partial charge in [-0.15, -0.1) is 0 Å². The molecule has 106 valence electrons. The van der Waals surface area contributed by atoms with Gasteiger partial charge in [0, 0.05) is 16.5 Å². The highest BCUT2D eigenvalue weighted by Gasteiger charge is 2.13. The number of nitrogens with zero attached hydrogens (tertiary/aromatic N) is 2. The van der Waals surface area contributed by atoms with Crippen molar-refractivity contribution in [3.63, 3.8) is 0 Å². The van der Waals surface area contributed by atoms with Crippen LogP contribution in [0.5, 0.6) is 5.75 Å². The summed E-state index contributed by atoms with van der Waals surface area (Å²) >= 11 is 11.7. The molecule has 0 saturated carbocycles. The SMILES string of the molecule is Oc1cc(Cl)ccc1-c1nc(Cc2cccc(Cl)c2)no1. The van der Waals surface area contributed by atoms with Crippen LogP contribution in [0.25, 0.3) is 11.5 Å². The first-order chi connectivity index (χ1) is 10.1. The summed E-state index contributed by atoms with van der Waals surface area (Å²) in [6, 6.07) is 12.2. The molecule has 6 heteroatoms. The minimum atomic E-state index is 0.000422. The van der Waals surface area contributed by atoms with Crippen LogP contribution in [0.15, 0.2) is 47.0 Å². The van der Waals surface area contributed by atoms with Crippen LogP contribution in [-0.2, 0) is 6.42 Å². The summed E-state index contributed by atoms with van der Waals surface area (Å²) in [5.74, 6) is 0.767. The first-order valence-corrected chi connectivity index (χ1v) is 6.93. The van der Waals surface area contributed by atoms with Crippen LogP contribution in [0, 0.1) is 0 Å². The van der Waals surface area contributed by atoms with Crippen molar-refractivity contribution >= 4 is 23.2 Å². The van der Waals surface area contributed by atoms with E-state index in [-0.39, 0.29) is 11.6 Å². The molecular weight excluding hydrogens is 311 g/mol. The predicted molar refractivity (Wildman–Crippen MR) is 80.7 cm³/mol. The third-order valence-electron chi connectivity index (χ3n) is 2.91. The molecule has 0 saturated heterocycles. The molecule has 0 unspecified atom stereocenters. The number of benzene rings is 2. The third kappa shape index (κ3) is 3.17. The van der Waals surface area contributed by atoms with E-state index in [1.54, 1.807) is 18.2 Å². The van der Waals surface area contributed by atoms with Crippen LogP contribution in [0.4, 0.5) is 0 Å². The largest absolute Gasteiger partial charge is 0.507 e. The van der Waals surface area contributed by atoms with Gasteiger partial charge >= 0.3 is 0 Å². The third-order valence-corrected chi connectivity index (χ3v) is 3.38. The van der Waals surface area contributed by atoms with Gasteiger partial charge in [0.2, 0.25) is 0 Å². The Labute approximate surface area is 130 Å². The molecule has 1 aromatic heterocycles. The summed E-state index contributed by atoms with van der Waals surface area (Å²) < 4.78 is 5.18. The topological polar surface area (TPSA) is 59.2 Å². The number of aromatic hydroxyl groups is 1. The first-order valence-electron chi connectivity index (χ1n) is 6.18. The van der Waals surface area contributed by atoms with Gasteiger partial charge in [-0.2, -0.15) is 4.98 Å². The molecule has 0 radical (unpaired) electrons. The maximum absolute atomic E-state index is 9.85. The highest BCUT2D eigenvalue weighted by molar-refractivity contribution is 6.31. The van der Waals surface area contributed by atoms with Crippen LogP contribution >= 0.6 is 23.2 Å². The molecule has 1 N–H and O–H groups in total. The Hall–Kier alpha value is -2.04. The molecule has 0 atom stereocenters. The molecule has 1 heterocycles. The lowest BCUT2D eigenvalue weighted by Crippen LogP contribution is -1.90. The highest BCUT2D eigenvalue weighted by Crippen LogP contribution is 2.30. The molecule has 0 spiro atoms. The van der Waals surface area contributed by atoms with Crippen molar-refractivity contribution in [3.05, 3.63) is 63.9 Å². The number of aromatic nitrogens is 2. The van der Waals surface area contributed by atoms with Crippen molar-refractivity contribution in [3.8, 4) is 17.2 Å².